The summed E-state index contributed by atoms with van der Waals surface area (Å²) < 4.78 is 31.0. The maximum absolute atomic E-state index is 5.40. The minimum Gasteiger partial charge on any atom is -0.377 e. The molecule has 0 aliphatic heterocycles. The Morgan fingerprint density at radius 3 is 0.947 bits per heavy atom. The molecule has 0 atom stereocenters. The Bertz CT molecular complexity index is 176. The van der Waals surface area contributed by atoms with Gasteiger partial charge < -0.3 is 26.6 Å². The summed E-state index contributed by atoms with van der Waals surface area (Å²) in [6, 6.07) is 0. The molecule has 0 radical (unpaired) electrons. The van der Waals surface area contributed by atoms with Crippen LogP contribution in [0.15, 0.2) is 0 Å². The normalized spacial score (nSPS) is 12.0. The predicted octanol–water partition coefficient (Wildman–Crippen LogP) is 2.16. The fraction of sp³-hybridized carbons (Fsp3) is 1.00. The maximum Gasteiger partial charge on any atom is 0.497 e. The smallest absolute Gasteiger partial charge is 0.377 e. The lowest BCUT2D eigenvalue weighted by Crippen LogP contribution is -2.42. The molecule has 8 heteroatoms. The molecule has 0 bridgehead atoms. The zero-order chi connectivity index (χ0) is 15.4. The summed E-state index contributed by atoms with van der Waals surface area (Å²) in [5.74, 6) is 0. The summed E-state index contributed by atoms with van der Waals surface area (Å²) in [7, 11) is 0.327. The first kappa shape index (κ1) is 21.5. The van der Waals surface area contributed by atoms with Crippen molar-refractivity contribution in [2.45, 2.75) is 33.9 Å². The van der Waals surface area contributed by atoms with Crippen molar-refractivity contribution in [2.24, 2.45) is 0 Å². The molecule has 19 heavy (non-hydrogen) atoms. The second-order valence-electron chi connectivity index (χ2n) is 3.64. The molecule has 0 heterocycles. The second-order valence-corrected chi connectivity index (χ2v) is 9.18. The number of hydrogen-bond acceptors (Lipinski definition) is 6. The summed E-state index contributed by atoms with van der Waals surface area (Å²) in [6.07, 6.45) is 0. The summed E-state index contributed by atoms with van der Waals surface area (Å²) in [5, 5.41) is 0. The van der Waals surface area contributed by atoms with Crippen LogP contribution in [0.3, 0.4) is 0 Å². The Morgan fingerprint density at radius 2 is 0.842 bits per heavy atom. The molecule has 0 fully saturated rings. The van der Waals surface area contributed by atoms with Gasteiger partial charge in [0.2, 0.25) is 0 Å². The predicted molar refractivity (Wildman–Crippen MR) is 79.1 cm³/mol. The van der Waals surface area contributed by atoms with Crippen LogP contribution < -0.4 is 0 Å². The lowest BCUT2D eigenvalue weighted by Gasteiger charge is -2.23. The van der Waals surface area contributed by atoms with E-state index in [1.165, 1.54) is 0 Å². The molecule has 0 N–H and O–H groups in total. The monoisotopic (exact) mass is 314 g/mol. The summed E-state index contributed by atoms with van der Waals surface area (Å²) in [5.41, 5.74) is 0. The van der Waals surface area contributed by atoms with Crippen LogP contribution in [-0.2, 0) is 26.6 Å². The molecule has 6 nitrogen and oxygen atoms in total. The second kappa shape index (κ2) is 12.0. The maximum atomic E-state index is 5.40. The Kier molecular flexibility index (Phi) is 13.5. The fourth-order valence-corrected chi connectivity index (χ4v) is 3.48. The molecule has 0 aliphatic rings. The molecule has 0 unspecified atom stereocenters. The molecule has 118 valence electrons. The molecular weight excluding hydrogens is 284 g/mol. The lowest BCUT2D eigenvalue weighted by atomic mass is 10.9. The number of hydrogen-bond donors (Lipinski definition) is 0. The standard InChI is InChI=1S/C7H18O3Si.C4H12O3Si/c1-5-8-11(4,9-6-2)10-7-3;1-5-8(4,6-2)7-3/h5-7H2,1-4H3;1-4H3. The van der Waals surface area contributed by atoms with Gasteiger partial charge in [0.25, 0.3) is 0 Å². The Hall–Kier alpha value is 0.194. The average Bonchev–Trinajstić information content (AvgIpc) is 2.39. The number of rotatable bonds is 9. The van der Waals surface area contributed by atoms with E-state index >= 15 is 0 Å². The Balaban J connectivity index is 0. The van der Waals surface area contributed by atoms with Gasteiger partial charge in [-0.05, 0) is 20.8 Å². The summed E-state index contributed by atoms with van der Waals surface area (Å²) >= 11 is 0. The van der Waals surface area contributed by atoms with Crippen molar-refractivity contribution in [3.63, 3.8) is 0 Å². The quantitative estimate of drug-likeness (QED) is 0.608. The van der Waals surface area contributed by atoms with Gasteiger partial charge in [0, 0.05) is 54.2 Å². The molecule has 0 aliphatic carbocycles. The van der Waals surface area contributed by atoms with E-state index in [2.05, 4.69) is 0 Å². The van der Waals surface area contributed by atoms with Gasteiger partial charge in [0.1, 0.15) is 0 Å². The average molecular weight is 315 g/mol. The highest BCUT2D eigenvalue weighted by Crippen LogP contribution is 2.08. The highest BCUT2D eigenvalue weighted by atomic mass is 28.4. The topological polar surface area (TPSA) is 55.4 Å². The van der Waals surface area contributed by atoms with Crippen LogP contribution in [0.2, 0.25) is 13.1 Å². The highest BCUT2D eigenvalue weighted by Gasteiger charge is 2.33. The molecule has 0 saturated heterocycles. The van der Waals surface area contributed by atoms with E-state index in [1.54, 1.807) is 21.3 Å². The van der Waals surface area contributed by atoms with Crippen molar-refractivity contribution in [3.8, 4) is 0 Å². The molecule has 0 amide bonds. The van der Waals surface area contributed by atoms with Crippen LogP contribution in [-0.4, -0.2) is 58.8 Å². The molecule has 0 aromatic rings. The van der Waals surface area contributed by atoms with E-state index in [-0.39, 0.29) is 0 Å². The molecule has 0 saturated carbocycles. The van der Waals surface area contributed by atoms with Crippen molar-refractivity contribution in [3.05, 3.63) is 0 Å². The van der Waals surface area contributed by atoms with Gasteiger partial charge in [-0.1, -0.05) is 0 Å². The van der Waals surface area contributed by atoms with E-state index in [9.17, 15) is 0 Å². The molecule has 0 aromatic heterocycles. The first-order valence-electron chi connectivity index (χ1n) is 6.44. The van der Waals surface area contributed by atoms with Gasteiger partial charge >= 0.3 is 17.6 Å². The van der Waals surface area contributed by atoms with Gasteiger partial charge in [-0.15, -0.1) is 0 Å². The van der Waals surface area contributed by atoms with Crippen LogP contribution in [0.25, 0.3) is 0 Å². The van der Waals surface area contributed by atoms with Crippen molar-refractivity contribution >= 4 is 17.6 Å². The van der Waals surface area contributed by atoms with Gasteiger partial charge in [-0.3, -0.25) is 0 Å². The fourth-order valence-electron chi connectivity index (χ4n) is 1.16. The van der Waals surface area contributed by atoms with Crippen molar-refractivity contribution in [2.75, 3.05) is 41.2 Å². The third-order valence-electron chi connectivity index (χ3n) is 2.33. The van der Waals surface area contributed by atoms with Crippen molar-refractivity contribution in [1.82, 2.24) is 0 Å². The molecule has 0 spiro atoms. The lowest BCUT2D eigenvalue weighted by molar-refractivity contribution is 0.0783. The zero-order valence-corrected chi connectivity index (χ0v) is 15.6. The van der Waals surface area contributed by atoms with Crippen LogP contribution in [0.5, 0.6) is 0 Å². The zero-order valence-electron chi connectivity index (χ0n) is 13.6. The summed E-state index contributed by atoms with van der Waals surface area (Å²) in [6.45, 7) is 11.6. The van der Waals surface area contributed by atoms with Crippen molar-refractivity contribution < 1.29 is 26.6 Å². The first-order chi connectivity index (χ1) is 8.86. The van der Waals surface area contributed by atoms with Gasteiger partial charge in [0.15, 0.2) is 0 Å². The van der Waals surface area contributed by atoms with Gasteiger partial charge in [-0.25, -0.2) is 0 Å². The van der Waals surface area contributed by atoms with Gasteiger partial charge in [0.05, 0.1) is 0 Å². The Morgan fingerprint density at radius 1 is 0.579 bits per heavy atom. The summed E-state index contributed by atoms with van der Waals surface area (Å²) in [4.78, 5) is 0. The molecular formula is C11H30O6Si2. The Labute approximate surface area is 120 Å². The van der Waals surface area contributed by atoms with E-state index in [0.29, 0.717) is 19.8 Å². The van der Waals surface area contributed by atoms with E-state index in [1.807, 2.05) is 33.9 Å². The van der Waals surface area contributed by atoms with E-state index in [4.69, 9.17) is 26.6 Å². The van der Waals surface area contributed by atoms with Gasteiger partial charge in [-0.2, -0.15) is 0 Å². The molecule has 0 rings (SSSR count). The first-order valence-corrected chi connectivity index (χ1v) is 10.9. The van der Waals surface area contributed by atoms with Crippen LogP contribution in [0.1, 0.15) is 20.8 Å². The van der Waals surface area contributed by atoms with E-state index in [0.717, 1.165) is 0 Å². The minimum atomic E-state index is -2.25. The van der Waals surface area contributed by atoms with Crippen LogP contribution >= 0.6 is 0 Å². The minimum absolute atomic E-state index is 0.655. The SMILES string of the molecule is CCO[Si](C)(OCC)OCC.CO[Si](C)(OC)OC. The highest BCUT2D eigenvalue weighted by molar-refractivity contribution is 6.59. The van der Waals surface area contributed by atoms with Crippen molar-refractivity contribution in [1.29, 1.82) is 0 Å². The van der Waals surface area contributed by atoms with Crippen LogP contribution in [0, 0.1) is 0 Å². The van der Waals surface area contributed by atoms with E-state index < -0.39 is 17.6 Å². The third-order valence-corrected chi connectivity index (χ3v) is 7.00. The largest absolute Gasteiger partial charge is 0.497 e. The van der Waals surface area contributed by atoms with Crippen LogP contribution in [0.4, 0.5) is 0 Å². The third kappa shape index (κ3) is 10.6. The molecule has 0 aromatic carbocycles.